The molecule has 0 aliphatic rings. The molecule has 3 rings (SSSR count). The summed E-state index contributed by atoms with van der Waals surface area (Å²) in [7, 11) is 1.52. The van der Waals surface area contributed by atoms with Crippen LogP contribution in [0.2, 0.25) is 10.0 Å². The Morgan fingerprint density at radius 3 is 2.05 bits per heavy atom. The van der Waals surface area contributed by atoms with Crippen LogP contribution in [0.4, 0.5) is 13.2 Å². The molecule has 3 atom stereocenters. The van der Waals surface area contributed by atoms with Crippen LogP contribution in [0.25, 0.3) is 0 Å². The van der Waals surface area contributed by atoms with E-state index in [1.54, 1.807) is 72.8 Å². The maximum absolute atomic E-state index is 13.4. The Hall–Kier alpha value is -3.76. The van der Waals surface area contributed by atoms with E-state index in [1.165, 1.54) is 21.0 Å². The van der Waals surface area contributed by atoms with Gasteiger partial charge in [-0.15, -0.1) is 0 Å². The van der Waals surface area contributed by atoms with Crippen LogP contribution in [-0.2, 0) is 20.8 Å². The Bertz CT molecular complexity index is 1400. The fourth-order valence-corrected chi connectivity index (χ4v) is 4.53. The molecule has 0 heterocycles. The van der Waals surface area contributed by atoms with E-state index in [0.29, 0.717) is 32.7 Å². The third-order valence-corrected chi connectivity index (χ3v) is 6.95. The molecule has 0 spiro atoms. The first kappa shape index (κ1) is 33.7. The third-order valence-electron chi connectivity index (χ3n) is 6.46. The minimum absolute atomic E-state index is 0.0824. The van der Waals surface area contributed by atoms with Gasteiger partial charge in [0.05, 0.1) is 19.6 Å². The number of hydrogen-bond donors (Lipinski definition) is 2. The van der Waals surface area contributed by atoms with Gasteiger partial charge in [-0.25, -0.2) is 0 Å². The van der Waals surface area contributed by atoms with Gasteiger partial charge in [0, 0.05) is 16.5 Å². The van der Waals surface area contributed by atoms with Crippen LogP contribution in [0.15, 0.2) is 72.8 Å². The first-order chi connectivity index (χ1) is 20.3. The molecule has 0 aliphatic heterocycles. The number of ketones is 1. The number of amides is 2. The number of Topliss-reactive ketones (excluding diaryl/α,β-unsaturated/α-hetero) is 1. The summed E-state index contributed by atoms with van der Waals surface area (Å²) in [5.41, 5.74) is 1.15. The van der Waals surface area contributed by atoms with E-state index in [4.69, 9.17) is 32.7 Å². The lowest BCUT2D eigenvalue weighted by Crippen LogP contribution is -2.56. The number of methoxy groups -OCH3 is 1. The summed E-state index contributed by atoms with van der Waals surface area (Å²) < 4.78 is 51.0. The van der Waals surface area contributed by atoms with Gasteiger partial charge in [0.1, 0.15) is 23.6 Å². The minimum Gasteiger partial charge on any atom is -0.497 e. The fourth-order valence-electron chi connectivity index (χ4n) is 4.21. The number of benzene rings is 3. The van der Waals surface area contributed by atoms with E-state index < -0.39 is 47.9 Å². The molecule has 7 nitrogen and oxygen atoms in total. The van der Waals surface area contributed by atoms with Crippen LogP contribution >= 0.6 is 23.2 Å². The number of rotatable bonds is 13. The molecule has 2 N–H and O–H groups in total. The number of carbonyl (C=O) groups is 3. The van der Waals surface area contributed by atoms with Crippen LogP contribution in [0.5, 0.6) is 11.5 Å². The van der Waals surface area contributed by atoms with Crippen molar-refractivity contribution in [2.45, 2.75) is 51.1 Å². The lowest BCUT2D eigenvalue weighted by molar-refractivity contribution is -0.175. The van der Waals surface area contributed by atoms with Gasteiger partial charge in [-0.1, -0.05) is 61.3 Å². The Kier molecular flexibility index (Phi) is 11.9. The highest BCUT2D eigenvalue weighted by Gasteiger charge is 2.45. The first-order valence-electron chi connectivity index (χ1n) is 13.3. The highest BCUT2D eigenvalue weighted by atomic mass is 35.5. The van der Waals surface area contributed by atoms with Crippen molar-refractivity contribution < 1.29 is 37.0 Å². The van der Waals surface area contributed by atoms with Crippen molar-refractivity contribution in [2.24, 2.45) is 5.92 Å². The molecule has 3 aromatic carbocycles. The van der Waals surface area contributed by atoms with Crippen molar-refractivity contribution >= 4 is 40.8 Å². The summed E-state index contributed by atoms with van der Waals surface area (Å²) in [5.74, 6) is -3.49. The van der Waals surface area contributed by atoms with Crippen molar-refractivity contribution in [1.29, 1.82) is 0 Å². The molecule has 230 valence electrons. The quantitative estimate of drug-likeness (QED) is 0.223. The Morgan fingerprint density at radius 1 is 0.860 bits per heavy atom. The summed E-state index contributed by atoms with van der Waals surface area (Å²) in [6.45, 7) is 2.76. The molecule has 2 unspecified atom stereocenters. The molecular weight excluding hydrogens is 608 g/mol. The van der Waals surface area contributed by atoms with Gasteiger partial charge < -0.3 is 20.1 Å². The average molecular weight is 639 g/mol. The summed E-state index contributed by atoms with van der Waals surface area (Å²) in [4.78, 5) is 38.7. The molecule has 0 aliphatic carbocycles. The molecule has 0 saturated carbocycles. The Labute approximate surface area is 257 Å². The van der Waals surface area contributed by atoms with E-state index in [2.05, 4.69) is 10.6 Å². The monoisotopic (exact) mass is 638 g/mol. The van der Waals surface area contributed by atoms with Gasteiger partial charge in [-0.3, -0.25) is 14.4 Å². The fraction of sp³-hybridized carbons (Fsp3) is 0.323. The van der Waals surface area contributed by atoms with Crippen molar-refractivity contribution in [3.8, 4) is 11.5 Å². The molecule has 0 bridgehead atoms. The van der Waals surface area contributed by atoms with E-state index in [-0.39, 0.29) is 12.8 Å². The third kappa shape index (κ3) is 10.2. The summed E-state index contributed by atoms with van der Waals surface area (Å²) in [5, 5.41) is 5.65. The van der Waals surface area contributed by atoms with Crippen LogP contribution in [-0.4, -0.2) is 43.0 Å². The molecular formula is C31H31Cl2F3N2O5. The Morgan fingerprint density at radius 2 is 1.49 bits per heavy atom. The van der Waals surface area contributed by atoms with Gasteiger partial charge in [0.2, 0.25) is 11.8 Å². The standard InChI is InChI=1S/C31H31Cl2F3N2O5/c1-18(2)28(29(40)31(34,35)36)38-30(41)25(15-19-7-9-21(32)10-8-19)37-27(39)17-26(20-5-4-6-22(33)16-20)43-24-13-11-23(42-3)12-14-24/h4-14,16,18,25-26,28H,15,17H2,1-3H3,(H,37,39)(H,38,41)/t25?,26?,28-/m0/s1. The van der Waals surface area contributed by atoms with E-state index >= 15 is 0 Å². The Balaban J connectivity index is 1.86. The molecule has 0 radical (unpaired) electrons. The van der Waals surface area contributed by atoms with Crippen molar-refractivity contribution in [3.05, 3.63) is 94.0 Å². The van der Waals surface area contributed by atoms with Gasteiger partial charge in [0.25, 0.3) is 5.78 Å². The van der Waals surface area contributed by atoms with Crippen molar-refractivity contribution in [2.75, 3.05) is 7.11 Å². The molecule has 3 aromatic rings. The highest BCUT2D eigenvalue weighted by Crippen LogP contribution is 2.28. The number of alkyl halides is 3. The van der Waals surface area contributed by atoms with Crippen LogP contribution < -0.4 is 20.1 Å². The van der Waals surface area contributed by atoms with Crippen LogP contribution in [0.1, 0.15) is 37.5 Å². The van der Waals surface area contributed by atoms with E-state index in [9.17, 15) is 27.6 Å². The van der Waals surface area contributed by atoms with Crippen molar-refractivity contribution in [3.63, 3.8) is 0 Å². The smallest absolute Gasteiger partial charge is 0.452 e. The normalized spacial score (nSPS) is 13.5. The molecule has 0 saturated heterocycles. The molecule has 2 amide bonds. The van der Waals surface area contributed by atoms with Crippen molar-refractivity contribution in [1.82, 2.24) is 10.6 Å². The average Bonchev–Trinajstić information content (AvgIpc) is 2.95. The lowest BCUT2D eigenvalue weighted by atomic mass is 9.97. The predicted molar refractivity (Wildman–Crippen MR) is 157 cm³/mol. The number of halogens is 5. The first-order valence-corrected chi connectivity index (χ1v) is 14.0. The van der Waals surface area contributed by atoms with E-state index in [1.807, 2.05) is 0 Å². The topological polar surface area (TPSA) is 93.7 Å². The lowest BCUT2D eigenvalue weighted by Gasteiger charge is -2.26. The second kappa shape index (κ2) is 15.1. The van der Waals surface area contributed by atoms with Gasteiger partial charge in [-0.05, 0) is 65.6 Å². The van der Waals surface area contributed by atoms with Crippen LogP contribution in [0, 0.1) is 5.92 Å². The predicted octanol–water partition coefficient (Wildman–Crippen LogP) is 6.51. The summed E-state index contributed by atoms with van der Waals surface area (Å²) in [6, 6.07) is 16.7. The zero-order valence-electron chi connectivity index (χ0n) is 23.6. The number of nitrogens with one attached hydrogen (secondary N) is 2. The van der Waals surface area contributed by atoms with Crippen LogP contribution in [0.3, 0.4) is 0 Å². The molecule has 12 heteroatoms. The van der Waals surface area contributed by atoms with Gasteiger partial charge >= 0.3 is 6.18 Å². The molecule has 0 aromatic heterocycles. The molecule has 0 fully saturated rings. The zero-order chi connectivity index (χ0) is 31.7. The molecule has 43 heavy (non-hydrogen) atoms. The minimum atomic E-state index is -5.15. The highest BCUT2D eigenvalue weighted by molar-refractivity contribution is 6.30. The largest absolute Gasteiger partial charge is 0.497 e. The van der Waals surface area contributed by atoms with Gasteiger partial charge in [0.15, 0.2) is 0 Å². The second-order valence-corrected chi connectivity index (χ2v) is 11.0. The maximum atomic E-state index is 13.4. The second-order valence-electron chi connectivity index (χ2n) is 10.1. The number of carbonyl (C=O) groups excluding carboxylic acids is 3. The summed E-state index contributed by atoms with van der Waals surface area (Å²) >= 11 is 12.1. The zero-order valence-corrected chi connectivity index (χ0v) is 25.1. The summed E-state index contributed by atoms with van der Waals surface area (Å²) in [6.07, 6.45) is -6.35. The number of ether oxygens (including phenoxy) is 2. The van der Waals surface area contributed by atoms with E-state index in [0.717, 1.165) is 0 Å². The maximum Gasteiger partial charge on any atom is 0.452 e. The number of hydrogen-bond acceptors (Lipinski definition) is 5. The van der Waals surface area contributed by atoms with Gasteiger partial charge in [-0.2, -0.15) is 13.2 Å². The SMILES string of the molecule is COc1ccc(OC(CC(=O)NC(Cc2ccc(Cl)cc2)C(=O)N[C@H](C(=O)C(F)(F)F)C(C)C)c2cccc(Cl)c2)cc1.